The van der Waals surface area contributed by atoms with E-state index in [9.17, 15) is 13.2 Å². The third-order valence-electron chi connectivity index (χ3n) is 4.72. The van der Waals surface area contributed by atoms with E-state index in [1.165, 1.54) is 0 Å². The van der Waals surface area contributed by atoms with Crippen LogP contribution in [0.15, 0.2) is 12.3 Å². The molecule has 0 aromatic carbocycles. The molecule has 1 aromatic heterocycles. The summed E-state index contributed by atoms with van der Waals surface area (Å²) in [5.74, 6) is 0.613. The Morgan fingerprint density at radius 1 is 1.29 bits per heavy atom. The van der Waals surface area contributed by atoms with Gasteiger partial charge in [-0.1, -0.05) is 0 Å². The van der Waals surface area contributed by atoms with Crippen molar-refractivity contribution in [2.75, 3.05) is 56.7 Å². The number of amides is 1. The van der Waals surface area contributed by atoms with E-state index in [1.807, 2.05) is 7.05 Å². The quantitative estimate of drug-likeness (QED) is 0.723. The number of carbonyl (C=O) groups excluding carboxylic acids is 1. The standard InChI is InChI=1S/C15H23N5O3S/c1-18-6-8-20(9-7-18)14(21)13-3-5-16-15(17-13)19(2)12-4-10-24(22,23)11-12/h3,5,12H,4,6-11H2,1-2H3. The number of nitrogens with zero attached hydrogens (tertiary/aromatic N) is 5. The number of piperazine rings is 1. The fourth-order valence-electron chi connectivity index (χ4n) is 3.05. The van der Waals surface area contributed by atoms with Crippen LogP contribution < -0.4 is 4.90 Å². The Labute approximate surface area is 142 Å². The van der Waals surface area contributed by atoms with E-state index in [0.717, 1.165) is 13.1 Å². The van der Waals surface area contributed by atoms with Gasteiger partial charge in [0, 0.05) is 45.5 Å². The van der Waals surface area contributed by atoms with E-state index in [0.29, 0.717) is 31.2 Å². The molecular weight excluding hydrogens is 330 g/mol. The lowest BCUT2D eigenvalue weighted by Gasteiger charge is -2.32. The first kappa shape index (κ1) is 17.1. The maximum absolute atomic E-state index is 12.6. The topological polar surface area (TPSA) is 86.7 Å². The molecular formula is C15H23N5O3S. The van der Waals surface area contributed by atoms with Crippen LogP contribution >= 0.6 is 0 Å². The predicted octanol–water partition coefficient (Wildman–Crippen LogP) is -0.512. The lowest BCUT2D eigenvalue weighted by molar-refractivity contribution is 0.0658. The molecule has 2 aliphatic heterocycles. The summed E-state index contributed by atoms with van der Waals surface area (Å²) in [6.45, 7) is 3.07. The van der Waals surface area contributed by atoms with Crippen molar-refractivity contribution >= 4 is 21.7 Å². The lowest BCUT2D eigenvalue weighted by atomic mass is 10.2. The number of hydrogen-bond acceptors (Lipinski definition) is 7. The number of anilines is 1. The van der Waals surface area contributed by atoms with Crippen LogP contribution in [0.4, 0.5) is 5.95 Å². The summed E-state index contributed by atoms with van der Waals surface area (Å²) in [6.07, 6.45) is 2.13. The van der Waals surface area contributed by atoms with Gasteiger partial charge in [0.2, 0.25) is 5.95 Å². The Morgan fingerprint density at radius 3 is 2.62 bits per heavy atom. The van der Waals surface area contributed by atoms with Crippen molar-refractivity contribution in [2.24, 2.45) is 0 Å². The molecule has 9 heteroatoms. The van der Waals surface area contributed by atoms with Crippen molar-refractivity contribution in [1.82, 2.24) is 19.8 Å². The molecule has 2 saturated heterocycles. The number of carbonyl (C=O) groups is 1. The Hall–Kier alpha value is -1.74. The van der Waals surface area contributed by atoms with Gasteiger partial charge in [-0.25, -0.2) is 18.4 Å². The zero-order valence-electron chi connectivity index (χ0n) is 14.1. The van der Waals surface area contributed by atoms with Gasteiger partial charge in [-0.2, -0.15) is 0 Å². The first-order valence-electron chi connectivity index (χ1n) is 8.10. The van der Waals surface area contributed by atoms with Crippen molar-refractivity contribution in [2.45, 2.75) is 12.5 Å². The molecule has 8 nitrogen and oxygen atoms in total. The van der Waals surface area contributed by atoms with Crippen molar-refractivity contribution in [3.63, 3.8) is 0 Å². The second kappa shape index (κ2) is 6.64. The van der Waals surface area contributed by atoms with Gasteiger partial charge in [-0.3, -0.25) is 4.79 Å². The molecule has 2 fully saturated rings. The zero-order valence-corrected chi connectivity index (χ0v) is 14.9. The summed E-state index contributed by atoms with van der Waals surface area (Å²) in [6, 6.07) is 1.48. The van der Waals surface area contributed by atoms with Gasteiger partial charge in [0.1, 0.15) is 5.69 Å². The van der Waals surface area contributed by atoms with E-state index in [4.69, 9.17) is 0 Å². The van der Waals surface area contributed by atoms with E-state index in [-0.39, 0.29) is 23.5 Å². The molecule has 1 atom stereocenters. The van der Waals surface area contributed by atoms with Crippen LogP contribution in [0.1, 0.15) is 16.9 Å². The summed E-state index contributed by atoms with van der Waals surface area (Å²) in [4.78, 5) is 26.9. The molecule has 0 aliphatic carbocycles. The molecule has 1 amide bonds. The van der Waals surface area contributed by atoms with Gasteiger partial charge in [0.25, 0.3) is 5.91 Å². The molecule has 0 spiro atoms. The van der Waals surface area contributed by atoms with Crippen LogP contribution in [0.2, 0.25) is 0 Å². The lowest BCUT2D eigenvalue weighted by Crippen LogP contribution is -2.47. The second-order valence-corrected chi connectivity index (χ2v) is 8.73. The Bertz CT molecular complexity index is 716. The first-order chi connectivity index (χ1) is 11.4. The van der Waals surface area contributed by atoms with Crippen LogP contribution in [0.25, 0.3) is 0 Å². The van der Waals surface area contributed by atoms with Crippen molar-refractivity contribution in [3.05, 3.63) is 18.0 Å². The Balaban J connectivity index is 1.73. The van der Waals surface area contributed by atoms with Gasteiger partial charge in [0.15, 0.2) is 9.84 Å². The van der Waals surface area contributed by atoms with Gasteiger partial charge < -0.3 is 14.7 Å². The maximum Gasteiger partial charge on any atom is 0.272 e. The summed E-state index contributed by atoms with van der Waals surface area (Å²) < 4.78 is 23.3. The average Bonchev–Trinajstić information content (AvgIpc) is 2.94. The van der Waals surface area contributed by atoms with E-state index in [1.54, 1.807) is 29.1 Å². The smallest absolute Gasteiger partial charge is 0.272 e. The highest BCUT2D eigenvalue weighted by molar-refractivity contribution is 7.91. The molecule has 3 rings (SSSR count). The Morgan fingerprint density at radius 2 is 2.00 bits per heavy atom. The molecule has 0 saturated carbocycles. The monoisotopic (exact) mass is 353 g/mol. The molecule has 2 aliphatic rings. The minimum absolute atomic E-state index is 0.0980. The summed E-state index contributed by atoms with van der Waals surface area (Å²) in [5.41, 5.74) is 0.359. The molecule has 0 N–H and O–H groups in total. The predicted molar refractivity (Wildman–Crippen MR) is 90.9 cm³/mol. The van der Waals surface area contributed by atoms with E-state index in [2.05, 4.69) is 14.9 Å². The first-order valence-corrected chi connectivity index (χ1v) is 9.92. The molecule has 0 radical (unpaired) electrons. The van der Waals surface area contributed by atoms with Crippen LogP contribution in [-0.2, 0) is 9.84 Å². The summed E-state index contributed by atoms with van der Waals surface area (Å²) >= 11 is 0. The molecule has 1 aromatic rings. The zero-order chi connectivity index (χ0) is 17.3. The van der Waals surface area contributed by atoms with Crippen LogP contribution in [0.5, 0.6) is 0 Å². The molecule has 132 valence electrons. The van der Waals surface area contributed by atoms with Crippen molar-refractivity contribution in [3.8, 4) is 0 Å². The van der Waals surface area contributed by atoms with Crippen LogP contribution in [0, 0.1) is 0 Å². The van der Waals surface area contributed by atoms with Crippen molar-refractivity contribution in [1.29, 1.82) is 0 Å². The Kier molecular flexibility index (Phi) is 4.73. The average molecular weight is 353 g/mol. The van der Waals surface area contributed by atoms with Gasteiger partial charge in [0.05, 0.1) is 11.5 Å². The van der Waals surface area contributed by atoms with E-state index >= 15 is 0 Å². The number of likely N-dealkylation sites (N-methyl/N-ethyl adjacent to an activating group) is 1. The number of aromatic nitrogens is 2. The highest BCUT2D eigenvalue weighted by Crippen LogP contribution is 2.20. The normalized spacial score (nSPS) is 24.1. The molecule has 0 bridgehead atoms. The molecule has 24 heavy (non-hydrogen) atoms. The number of hydrogen-bond donors (Lipinski definition) is 0. The van der Waals surface area contributed by atoms with Crippen molar-refractivity contribution < 1.29 is 13.2 Å². The number of sulfone groups is 1. The SMILES string of the molecule is CN1CCN(C(=O)c2ccnc(N(C)C3CCS(=O)(=O)C3)n2)CC1. The highest BCUT2D eigenvalue weighted by Gasteiger charge is 2.32. The van der Waals surface area contributed by atoms with E-state index < -0.39 is 9.84 Å². The largest absolute Gasteiger partial charge is 0.340 e. The second-order valence-electron chi connectivity index (χ2n) is 6.51. The maximum atomic E-state index is 12.6. The van der Waals surface area contributed by atoms with Gasteiger partial charge in [-0.05, 0) is 19.5 Å². The third kappa shape index (κ3) is 3.67. The van der Waals surface area contributed by atoms with Gasteiger partial charge in [-0.15, -0.1) is 0 Å². The summed E-state index contributed by atoms with van der Waals surface area (Å²) in [7, 11) is 0.845. The third-order valence-corrected chi connectivity index (χ3v) is 6.47. The minimum atomic E-state index is -2.97. The molecule has 1 unspecified atom stereocenters. The molecule has 3 heterocycles. The van der Waals surface area contributed by atoms with Crippen LogP contribution in [0.3, 0.4) is 0 Å². The minimum Gasteiger partial charge on any atom is -0.340 e. The van der Waals surface area contributed by atoms with Gasteiger partial charge >= 0.3 is 0 Å². The fraction of sp³-hybridized carbons (Fsp3) is 0.667. The highest BCUT2D eigenvalue weighted by atomic mass is 32.2. The van der Waals surface area contributed by atoms with Crippen LogP contribution in [-0.4, -0.2) is 91.9 Å². The fourth-order valence-corrected chi connectivity index (χ4v) is 4.83. The summed E-state index contributed by atoms with van der Waals surface area (Å²) in [5, 5.41) is 0. The number of rotatable bonds is 3.